The van der Waals surface area contributed by atoms with Crippen molar-refractivity contribution in [3.8, 4) is 11.3 Å². The van der Waals surface area contributed by atoms with E-state index in [4.69, 9.17) is 0 Å². The van der Waals surface area contributed by atoms with Crippen molar-refractivity contribution in [1.29, 1.82) is 0 Å². The highest BCUT2D eigenvalue weighted by atomic mass is 79.9. The highest BCUT2D eigenvalue weighted by Crippen LogP contribution is 2.38. The Morgan fingerprint density at radius 1 is 1.06 bits per heavy atom. The van der Waals surface area contributed by atoms with Gasteiger partial charge in [0.05, 0.1) is 11.3 Å². The van der Waals surface area contributed by atoms with Gasteiger partial charge in [0.2, 0.25) is 0 Å². The molecule has 2 rings (SSSR count). The molecular formula is C13H9BrF3N. The SMILES string of the molecule is FC(F)(F)c1c(CBr)ccnc1-c1ccccc1. The molecule has 0 amide bonds. The number of nitrogens with zero attached hydrogens (tertiary/aromatic N) is 1. The van der Waals surface area contributed by atoms with E-state index in [0.29, 0.717) is 5.56 Å². The summed E-state index contributed by atoms with van der Waals surface area (Å²) in [5.74, 6) is 0. The Kier molecular flexibility index (Phi) is 3.71. The van der Waals surface area contributed by atoms with Gasteiger partial charge in [-0.05, 0) is 11.6 Å². The smallest absolute Gasteiger partial charge is 0.256 e. The maximum absolute atomic E-state index is 13.1. The van der Waals surface area contributed by atoms with E-state index in [-0.39, 0.29) is 16.6 Å². The molecule has 94 valence electrons. The fraction of sp³-hybridized carbons (Fsp3) is 0.154. The number of aromatic nitrogens is 1. The monoisotopic (exact) mass is 315 g/mol. The topological polar surface area (TPSA) is 12.9 Å². The highest BCUT2D eigenvalue weighted by Gasteiger charge is 2.36. The first-order valence-electron chi connectivity index (χ1n) is 5.20. The number of halogens is 4. The summed E-state index contributed by atoms with van der Waals surface area (Å²) in [6, 6.07) is 9.76. The van der Waals surface area contributed by atoms with Gasteiger partial charge in [-0.15, -0.1) is 0 Å². The third-order valence-corrected chi connectivity index (χ3v) is 3.12. The lowest BCUT2D eigenvalue weighted by atomic mass is 10.0. The zero-order chi connectivity index (χ0) is 13.2. The molecule has 18 heavy (non-hydrogen) atoms. The van der Waals surface area contributed by atoms with Crippen molar-refractivity contribution >= 4 is 15.9 Å². The van der Waals surface area contributed by atoms with Crippen molar-refractivity contribution in [2.75, 3.05) is 0 Å². The van der Waals surface area contributed by atoms with Crippen molar-refractivity contribution in [3.63, 3.8) is 0 Å². The van der Waals surface area contributed by atoms with Crippen molar-refractivity contribution < 1.29 is 13.2 Å². The van der Waals surface area contributed by atoms with Crippen molar-refractivity contribution in [1.82, 2.24) is 4.98 Å². The normalized spacial score (nSPS) is 11.6. The quantitative estimate of drug-likeness (QED) is 0.734. The second-order valence-electron chi connectivity index (χ2n) is 3.69. The molecule has 2 aromatic rings. The molecule has 0 aliphatic rings. The average Bonchev–Trinajstić information content (AvgIpc) is 2.38. The average molecular weight is 316 g/mol. The van der Waals surface area contributed by atoms with Crippen LogP contribution < -0.4 is 0 Å². The van der Waals surface area contributed by atoms with Gasteiger partial charge in [0.15, 0.2) is 0 Å². The molecule has 1 aromatic heterocycles. The molecule has 0 fully saturated rings. The van der Waals surface area contributed by atoms with Crippen LogP contribution in [0.1, 0.15) is 11.1 Å². The van der Waals surface area contributed by atoms with Gasteiger partial charge < -0.3 is 0 Å². The molecule has 0 spiro atoms. The van der Waals surface area contributed by atoms with Crippen molar-refractivity contribution in [3.05, 3.63) is 53.7 Å². The Hall–Kier alpha value is -1.36. The minimum Gasteiger partial charge on any atom is -0.256 e. The van der Waals surface area contributed by atoms with Crippen LogP contribution in [0, 0.1) is 0 Å². The molecule has 1 heterocycles. The maximum atomic E-state index is 13.1. The largest absolute Gasteiger partial charge is 0.418 e. The van der Waals surface area contributed by atoms with Gasteiger partial charge in [0, 0.05) is 17.1 Å². The fourth-order valence-electron chi connectivity index (χ4n) is 1.74. The maximum Gasteiger partial charge on any atom is 0.418 e. The third kappa shape index (κ3) is 2.56. The zero-order valence-corrected chi connectivity index (χ0v) is 10.8. The summed E-state index contributed by atoms with van der Waals surface area (Å²) >= 11 is 3.08. The Bertz CT molecular complexity index is 538. The summed E-state index contributed by atoms with van der Waals surface area (Å²) < 4.78 is 39.4. The second-order valence-corrected chi connectivity index (χ2v) is 4.25. The van der Waals surface area contributed by atoms with Gasteiger partial charge in [0.1, 0.15) is 0 Å². The number of hydrogen-bond donors (Lipinski definition) is 0. The van der Waals surface area contributed by atoms with Crippen LogP contribution in [0.5, 0.6) is 0 Å². The molecule has 0 bridgehead atoms. The summed E-state index contributed by atoms with van der Waals surface area (Å²) in [6.07, 6.45) is -3.02. The Labute approximate surface area is 111 Å². The van der Waals surface area contributed by atoms with Crippen LogP contribution in [0.15, 0.2) is 42.6 Å². The minimum atomic E-state index is -4.41. The van der Waals surface area contributed by atoms with Gasteiger partial charge in [-0.2, -0.15) is 13.2 Å². The third-order valence-electron chi connectivity index (χ3n) is 2.51. The molecule has 0 aliphatic heterocycles. The zero-order valence-electron chi connectivity index (χ0n) is 9.21. The molecule has 0 atom stereocenters. The van der Waals surface area contributed by atoms with Crippen LogP contribution in [-0.2, 0) is 11.5 Å². The van der Waals surface area contributed by atoms with E-state index in [9.17, 15) is 13.2 Å². The van der Waals surface area contributed by atoms with E-state index in [1.807, 2.05) is 0 Å². The van der Waals surface area contributed by atoms with E-state index in [1.165, 1.54) is 12.3 Å². The Balaban J connectivity index is 2.68. The van der Waals surface area contributed by atoms with Crippen LogP contribution in [0.2, 0.25) is 0 Å². The Morgan fingerprint density at radius 2 is 1.72 bits per heavy atom. The molecule has 0 N–H and O–H groups in total. The van der Waals surface area contributed by atoms with E-state index < -0.39 is 11.7 Å². The summed E-state index contributed by atoms with van der Waals surface area (Å²) in [6.45, 7) is 0. The lowest BCUT2D eigenvalue weighted by Gasteiger charge is -2.15. The molecule has 1 aromatic carbocycles. The summed E-state index contributed by atoms with van der Waals surface area (Å²) in [5.41, 5.74) is -0.0443. The number of rotatable bonds is 2. The standard InChI is InChI=1S/C13H9BrF3N/c14-8-10-6-7-18-12(11(10)13(15,16)17)9-4-2-1-3-5-9/h1-7H,8H2. The molecule has 0 unspecified atom stereocenters. The predicted octanol–water partition coefficient (Wildman–Crippen LogP) is 4.66. The minimum absolute atomic E-state index is 0.0277. The lowest BCUT2D eigenvalue weighted by Crippen LogP contribution is -2.11. The molecule has 0 saturated carbocycles. The first-order chi connectivity index (χ1) is 8.54. The summed E-state index contributed by atoms with van der Waals surface area (Å²) in [7, 11) is 0. The van der Waals surface area contributed by atoms with Gasteiger partial charge in [-0.1, -0.05) is 46.3 Å². The molecule has 0 radical (unpaired) electrons. The van der Waals surface area contributed by atoms with Crippen LogP contribution in [-0.4, -0.2) is 4.98 Å². The lowest BCUT2D eigenvalue weighted by molar-refractivity contribution is -0.137. The molecule has 0 saturated heterocycles. The number of hydrogen-bond acceptors (Lipinski definition) is 1. The number of pyridine rings is 1. The number of benzene rings is 1. The van der Waals surface area contributed by atoms with E-state index in [0.717, 1.165) is 0 Å². The van der Waals surface area contributed by atoms with Gasteiger partial charge in [-0.3, -0.25) is 4.98 Å². The van der Waals surface area contributed by atoms with Crippen LogP contribution in [0.4, 0.5) is 13.2 Å². The van der Waals surface area contributed by atoms with Crippen LogP contribution >= 0.6 is 15.9 Å². The summed E-state index contributed by atoms with van der Waals surface area (Å²) in [5, 5.41) is 0.143. The van der Waals surface area contributed by atoms with Crippen molar-refractivity contribution in [2.45, 2.75) is 11.5 Å². The summed E-state index contributed by atoms with van der Waals surface area (Å²) in [4.78, 5) is 3.88. The predicted molar refractivity (Wildman–Crippen MR) is 67.3 cm³/mol. The number of alkyl halides is 4. The van der Waals surface area contributed by atoms with Gasteiger partial charge >= 0.3 is 6.18 Å². The van der Waals surface area contributed by atoms with Crippen LogP contribution in [0.25, 0.3) is 11.3 Å². The van der Waals surface area contributed by atoms with E-state index >= 15 is 0 Å². The molecule has 0 aliphatic carbocycles. The Morgan fingerprint density at radius 3 is 2.28 bits per heavy atom. The van der Waals surface area contributed by atoms with E-state index in [2.05, 4.69) is 20.9 Å². The fourth-order valence-corrected chi connectivity index (χ4v) is 2.21. The highest BCUT2D eigenvalue weighted by molar-refractivity contribution is 9.08. The molecular weight excluding hydrogens is 307 g/mol. The van der Waals surface area contributed by atoms with Gasteiger partial charge in [0.25, 0.3) is 0 Å². The molecule has 1 nitrogen and oxygen atoms in total. The van der Waals surface area contributed by atoms with Crippen molar-refractivity contribution in [2.24, 2.45) is 0 Å². The first-order valence-corrected chi connectivity index (χ1v) is 6.32. The van der Waals surface area contributed by atoms with Gasteiger partial charge in [-0.25, -0.2) is 0 Å². The first kappa shape index (κ1) is 13.1. The second kappa shape index (κ2) is 5.10. The van der Waals surface area contributed by atoms with Crippen LogP contribution in [0.3, 0.4) is 0 Å². The molecule has 5 heteroatoms. The van der Waals surface area contributed by atoms with E-state index in [1.54, 1.807) is 30.3 Å².